The summed E-state index contributed by atoms with van der Waals surface area (Å²) in [6.45, 7) is 6.67. The Morgan fingerprint density at radius 1 is 1.38 bits per heavy atom. The van der Waals surface area contributed by atoms with Crippen LogP contribution in [0.4, 0.5) is 0 Å². The Morgan fingerprint density at radius 2 is 2.12 bits per heavy atom. The minimum atomic E-state index is -0.408. The lowest BCUT2D eigenvalue weighted by atomic mass is 9.58. The number of hydrogen-bond acceptors (Lipinski definition) is 4. The van der Waals surface area contributed by atoms with E-state index < -0.39 is 5.97 Å². The predicted octanol–water partition coefficient (Wildman–Crippen LogP) is 3.55. The Kier molecular flexibility index (Phi) is 4.43. The SMILES string of the molecule is CC(=O)Oc1ccc(C)c(C23CCC=CC2C(C)N(C)CC3)c1O. The maximum absolute atomic E-state index is 11.4. The number of esters is 1. The summed E-state index contributed by atoms with van der Waals surface area (Å²) in [5.41, 5.74) is 1.95. The summed E-state index contributed by atoms with van der Waals surface area (Å²) in [7, 11) is 2.17. The number of phenols is 1. The van der Waals surface area contributed by atoms with E-state index in [0.717, 1.165) is 36.9 Å². The second-order valence-electron chi connectivity index (χ2n) is 7.32. The maximum atomic E-state index is 11.4. The molecule has 1 aromatic carbocycles. The number of aromatic hydroxyl groups is 1. The topological polar surface area (TPSA) is 49.8 Å². The molecule has 24 heavy (non-hydrogen) atoms. The van der Waals surface area contributed by atoms with Gasteiger partial charge in [-0.15, -0.1) is 0 Å². The summed E-state index contributed by atoms with van der Waals surface area (Å²) in [5, 5.41) is 10.9. The molecule has 1 fully saturated rings. The van der Waals surface area contributed by atoms with E-state index in [9.17, 15) is 9.90 Å². The van der Waals surface area contributed by atoms with Gasteiger partial charge in [0.15, 0.2) is 11.5 Å². The zero-order chi connectivity index (χ0) is 17.5. The molecule has 4 nitrogen and oxygen atoms in total. The van der Waals surface area contributed by atoms with E-state index in [2.05, 4.69) is 31.0 Å². The van der Waals surface area contributed by atoms with Crippen molar-refractivity contribution >= 4 is 5.97 Å². The maximum Gasteiger partial charge on any atom is 0.308 e. The number of phenolic OH excluding ortho intramolecular Hbond substituents is 1. The van der Waals surface area contributed by atoms with Crippen LogP contribution in [0.5, 0.6) is 11.5 Å². The number of fused-ring (bicyclic) bond motifs is 1. The molecule has 1 aromatic rings. The molecule has 0 spiro atoms. The first-order valence-electron chi connectivity index (χ1n) is 8.75. The van der Waals surface area contributed by atoms with Gasteiger partial charge in [0.2, 0.25) is 0 Å². The fourth-order valence-corrected chi connectivity index (χ4v) is 4.66. The Bertz CT molecular complexity index is 682. The number of likely N-dealkylation sites (tertiary alicyclic amines) is 1. The summed E-state index contributed by atoms with van der Waals surface area (Å²) in [6, 6.07) is 4.06. The average Bonchev–Trinajstić information content (AvgIpc) is 2.54. The molecule has 0 aromatic heterocycles. The standard InChI is InChI=1S/C20H27NO3/c1-13-8-9-17(24-15(3)22)19(23)18(13)20-10-6-5-7-16(20)14(2)21(4)12-11-20/h5,7-9,14,16,23H,6,10-12H2,1-4H3. The normalized spacial score (nSPS) is 30.0. The fourth-order valence-electron chi connectivity index (χ4n) is 4.66. The highest BCUT2D eigenvalue weighted by Crippen LogP contribution is 2.53. The van der Waals surface area contributed by atoms with Gasteiger partial charge >= 0.3 is 5.97 Å². The van der Waals surface area contributed by atoms with E-state index in [-0.39, 0.29) is 16.9 Å². The van der Waals surface area contributed by atoms with Gasteiger partial charge in [0.05, 0.1) is 0 Å². The van der Waals surface area contributed by atoms with Gasteiger partial charge in [0.25, 0.3) is 0 Å². The van der Waals surface area contributed by atoms with Gasteiger partial charge in [-0.3, -0.25) is 4.79 Å². The zero-order valence-corrected chi connectivity index (χ0v) is 15.0. The molecular weight excluding hydrogens is 302 g/mol. The molecule has 0 bridgehead atoms. The van der Waals surface area contributed by atoms with E-state index in [1.54, 1.807) is 6.07 Å². The third kappa shape index (κ3) is 2.63. The summed E-state index contributed by atoms with van der Waals surface area (Å²) < 4.78 is 5.24. The van der Waals surface area contributed by atoms with Crippen LogP contribution in [0.3, 0.4) is 0 Å². The Hall–Kier alpha value is -1.81. The second-order valence-corrected chi connectivity index (χ2v) is 7.32. The van der Waals surface area contributed by atoms with Gasteiger partial charge < -0.3 is 14.7 Å². The number of carbonyl (C=O) groups is 1. The average molecular weight is 329 g/mol. The van der Waals surface area contributed by atoms with Crippen LogP contribution < -0.4 is 4.74 Å². The van der Waals surface area contributed by atoms with Crippen molar-refractivity contribution in [2.24, 2.45) is 5.92 Å². The van der Waals surface area contributed by atoms with Crippen molar-refractivity contribution in [1.29, 1.82) is 0 Å². The number of piperidine rings is 1. The predicted molar refractivity (Wildman–Crippen MR) is 94.4 cm³/mol. The van der Waals surface area contributed by atoms with Crippen molar-refractivity contribution in [3.8, 4) is 11.5 Å². The number of benzene rings is 1. The highest BCUT2D eigenvalue weighted by atomic mass is 16.5. The number of ether oxygens (including phenoxy) is 1. The molecule has 1 N–H and O–H groups in total. The van der Waals surface area contributed by atoms with Gasteiger partial charge in [0, 0.05) is 29.9 Å². The van der Waals surface area contributed by atoms with Crippen molar-refractivity contribution < 1.29 is 14.6 Å². The summed E-state index contributed by atoms with van der Waals surface area (Å²) in [4.78, 5) is 13.8. The molecule has 130 valence electrons. The van der Waals surface area contributed by atoms with E-state index >= 15 is 0 Å². The van der Waals surface area contributed by atoms with Gasteiger partial charge in [-0.1, -0.05) is 18.2 Å². The molecule has 0 radical (unpaired) electrons. The van der Waals surface area contributed by atoms with Gasteiger partial charge in [-0.25, -0.2) is 0 Å². The summed E-state index contributed by atoms with van der Waals surface area (Å²) >= 11 is 0. The quantitative estimate of drug-likeness (QED) is 0.512. The van der Waals surface area contributed by atoms with Crippen LogP contribution in [0, 0.1) is 12.8 Å². The number of rotatable bonds is 2. The van der Waals surface area contributed by atoms with Crippen LogP contribution in [0.2, 0.25) is 0 Å². The largest absolute Gasteiger partial charge is 0.504 e. The minimum Gasteiger partial charge on any atom is -0.504 e. The van der Waals surface area contributed by atoms with Gasteiger partial charge in [0.1, 0.15) is 0 Å². The van der Waals surface area contributed by atoms with Crippen LogP contribution >= 0.6 is 0 Å². The Morgan fingerprint density at radius 3 is 2.83 bits per heavy atom. The Balaban J connectivity index is 2.15. The lowest BCUT2D eigenvalue weighted by molar-refractivity contribution is -0.132. The zero-order valence-electron chi connectivity index (χ0n) is 15.0. The first-order valence-corrected chi connectivity index (χ1v) is 8.75. The van der Waals surface area contributed by atoms with E-state index in [4.69, 9.17) is 4.74 Å². The molecular formula is C20H27NO3. The molecule has 4 heteroatoms. The van der Waals surface area contributed by atoms with Crippen LogP contribution in [-0.4, -0.2) is 35.6 Å². The van der Waals surface area contributed by atoms with Crippen molar-refractivity contribution in [2.75, 3.05) is 13.6 Å². The highest BCUT2D eigenvalue weighted by Gasteiger charge is 2.48. The van der Waals surface area contributed by atoms with Crippen molar-refractivity contribution in [1.82, 2.24) is 4.90 Å². The number of carbonyl (C=O) groups excluding carboxylic acids is 1. The molecule has 3 rings (SSSR count). The van der Waals surface area contributed by atoms with Crippen molar-refractivity contribution in [2.45, 2.75) is 51.5 Å². The third-order valence-corrected chi connectivity index (χ3v) is 5.97. The highest BCUT2D eigenvalue weighted by molar-refractivity contribution is 5.71. The molecule has 3 unspecified atom stereocenters. The van der Waals surface area contributed by atoms with Crippen LogP contribution in [0.15, 0.2) is 24.3 Å². The third-order valence-electron chi connectivity index (χ3n) is 5.97. The van der Waals surface area contributed by atoms with Crippen molar-refractivity contribution in [3.05, 3.63) is 35.4 Å². The minimum absolute atomic E-state index is 0.0923. The smallest absolute Gasteiger partial charge is 0.308 e. The first-order chi connectivity index (χ1) is 11.4. The molecule has 1 heterocycles. The van der Waals surface area contributed by atoms with E-state index in [1.807, 2.05) is 13.0 Å². The van der Waals surface area contributed by atoms with Crippen LogP contribution in [-0.2, 0) is 10.2 Å². The molecule has 1 aliphatic heterocycles. The number of hydrogen-bond donors (Lipinski definition) is 1. The monoisotopic (exact) mass is 329 g/mol. The first kappa shape index (κ1) is 17.0. The molecule has 1 aliphatic carbocycles. The summed E-state index contributed by atoms with van der Waals surface area (Å²) in [5.74, 6) is 0.358. The lowest BCUT2D eigenvalue weighted by Gasteiger charge is -2.52. The fraction of sp³-hybridized carbons (Fsp3) is 0.550. The van der Waals surface area contributed by atoms with Gasteiger partial charge in [-0.2, -0.15) is 0 Å². The van der Waals surface area contributed by atoms with Crippen LogP contribution in [0.25, 0.3) is 0 Å². The van der Waals surface area contributed by atoms with E-state index in [1.165, 1.54) is 6.92 Å². The van der Waals surface area contributed by atoms with Crippen molar-refractivity contribution in [3.63, 3.8) is 0 Å². The molecule has 0 amide bonds. The number of aryl methyl sites for hydroxylation is 1. The van der Waals surface area contributed by atoms with Crippen LogP contribution in [0.1, 0.15) is 44.2 Å². The molecule has 0 saturated carbocycles. The van der Waals surface area contributed by atoms with E-state index in [0.29, 0.717) is 12.0 Å². The number of allylic oxidation sites excluding steroid dienone is 1. The molecule has 1 saturated heterocycles. The summed E-state index contributed by atoms with van der Waals surface area (Å²) in [6.07, 6.45) is 7.62. The molecule has 3 atom stereocenters. The molecule has 2 aliphatic rings. The lowest BCUT2D eigenvalue weighted by Crippen LogP contribution is -2.54. The number of nitrogens with zero attached hydrogens (tertiary/aromatic N) is 1. The second kappa shape index (κ2) is 6.25. The Labute approximate surface area is 144 Å². The van der Waals surface area contributed by atoms with Gasteiger partial charge in [-0.05, 0) is 58.3 Å².